The van der Waals surface area contributed by atoms with E-state index in [1.807, 2.05) is 0 Å². The predicted octanol–water partition coefficient (Wildman–Crippen LogP) is -0.0272. The van der Waals surface area contributed by atoms with Crippen molar-refractivity contribution in [2.45, 2.75) is 0 Å². The quantitative estimate of drug-likeness (QED) is 0.319. The number of hydrogen-bond donors (Lipinski definition) is 0. The van der Waals surface area contributed by atoms with Crippen LogP contribution in [-0.4, -0.2) is 4.92 Å². The van der Waals surface area contributed by atoms with Crippen LogP contribution in [0.5, 0.6) is 0 Å². The summed E-state index contributed by atoms with van der Waals surface area (Å²) in [6, 6.07) is 2.94. The first-order chi connectivity index (χ1) is 5.09. The molecule has 0 unspecified atom stereocenters. The highest BCUT2D eigenvalue weighted by atomic mass is 16.6. The fraction of sp³-hybridized carbons (Fsp3) is 0. The fourth-order valence-electron chi connectivity index (χ4n) is 0.685. The molecule has 0 radical (unpaired) electrons. The Kier molecular flexibility index (Phi) is 1.63. The Morgan fingerprint density at radius 3 is 2.55 bits per heavy atom. The van der Waals surface area contributed by atoms with E-state index in [1.165, 1.54) is 0 Å². The fourth-order valence-corrected chi connectivity index (χ4v) is 0.685. The Hall–Kier alpha value is -1.78. The third-order valence-electron chi connectivity index (χ3n) is 1.10. The minimum Gasteiger partial charge on any atom is -0.751 e. The first-order valence-electron chi connectivity index (χ1n) is 2.77. The second kappa shape index (κ2) is 2.45. The Balaban J connectivity index is 3.42. The second-order valence-corrected chi connectivity index (χ2v) is 1.96. The van der Waals surface area contributed by atoms with Crippen LogP contribution < -0.4 is 10.7 Å². The molecular weight excluding hydrogens is 146 g/mol. The van der Waals surface area contributed by atoms with Gasteiger partial charge >= 0.3 is 5.69 Å². The molecule has 11 heavy (non-hydrogen) atoms. The Morgan fingerprint density at radius 1 is 1.45 bits per heavy atom. The molecule has 0 aliphatic heterocycles. The van der Waals surface area contributed by atoms with Gasteiger partial charge in [0, 0.05) is 0 Å². The highest BCUT2D eigenvalue weighted by Gasteiger charge is 2.15. The zero-order valence-corrected chi connectivity index (χ0v) is 5.39. The Labute approximate surface area is 61.5 Å². The van der Waals surface area contributed by atoms with Gasteiger partial charge < -0.3 is 10.8 Å². The second-order valence-electron chi connectivity index (χ2n) is 1.96. The first-order valence-corrected chi connectivity index (χ1v) is 2.77. The van der Waals surface area contributed by atoms with Crippen molar-refractivity contribution in [1.82, 2.24) is 0 Å². The molecule has 0 saturated heterocycles. The van der Waals surface area contributed by atoms with Crippen LogP contribution in [0.4, 0.5) is 5.69 Å². The average molecular weight is 149 g/mol. The van der Waals surface area contributed by atoms with Gasteiger partial charge in [0.2, 0.25) is 0 Å². The molecule has 54 valence electrons. The summed E-state index contributed by atoms with van der Waals surface area (Å²) < 4.78 is 0. The predicted molar refractivity (Wildman–Crippen MR) is 37.3 cm³/mol. The zero-order chi connectivity index (χ0) is 8.43. The summed E-state index contributed by atoms with van der Waals surface area (Å²) >= 11 is 0. The summed E-state index contributed by atoms with van der Waals surface area (Å²) in [7, 11) is 0. The van der Waals surface area contributed by atoms with Crippen molar-refractivity contribution in [1.29, 1.82) is 0 Å². The van der Waals surface area contributed by atoms with E-state index in [2.05, 4.69) is 0 Å². The van der Waals surface area contributed by atoms with Crippen molar-refractivity contribution < 1.29 is 4.92 Å². The van der Waals surface area contributed by atoms with Gasteiger partial charge in [-0.2, -0.15) is 0 Å². The van der Waals surface area contributed by atoms with Crippen LogP contribution in [0.15, 0.2) is 18.2 Å². The highest BCUT2D eigenvalue weighted by Crippen LogP contribution is 2.01. The summed E-state index contributed by atoms with van der Waals surface area (Å²) in [6.07, 6.45) is 0. The summed E-state index contributed by atoms with van der Waals surface area (Å²) in [4.78, 5) is 9.39. The monoisotopic (exact) mass is 149 g/mol. The van der Waals surface area contributed by atoms with Gasteiger partial charge in [0.05, 0.1) is 10.7 Å². The molecule has 1 aromatic carbocycles. The molecule has 0 amide bonds. The molecule has 0 fully saturated rings. The molecule has 0 saturated carbocycles. The Morgan fingerprint density at radius 2 is 2.09 bits per heavy atom. The molecule has 0 atom stereocenters. The van der Waals surface area contributed by atoms with Crippen LogP contribution in [-0.2, 0) is 0 Å². The summed E-state index contributed by atoms with van der Waals surface area (Å²) in [5, 5.41) is 27.0. The molecule has 0 N–H and O–H groups in total. The van der Waals surface area contributed by atoms with Crippen molar-refractivity contribution in [3.8, 4) is 0 Å². The molecule has 5 nitrogen and oxygen atoms in total. The highest BCUT2D eigenvalue weighted by molar-refractivity contribution is 5.28. The summed E-state index contributed by atoms with van der Waals surface area (Å²) in [5.74, 6) is 0. The van der Waals surface area contributed by atoms with E-state index in [-0.39, 0.29) is 16.4 Å². The standard InChI is InChI=1S/C6H3N3O2/c7-4-1-5(8)3-6(2-4)9(10)11/h1-3H. The van der Waals surface area contributed by atoms with E-state index >= 15 is 0 Å². The van der Waals surface area contributed by atoms with Gasteiger partial charge in [0.25, 0.3) is 0 Å². The topological polar surface area (TPSA) is 87.7 Å². The number of benzene rings is 1. The molecule has 0 aliphatic carbocycles. The molecule has 1 aromatic rings. The lowest BCUT2D eigenvalue weighted by molar-refractivity contribution is -0.385. The molecule has 0 aliphatic rings. The molecule has 0 heterocycles. The lowest BCUT2D eigenvalue weighted by atomic mass is 10.3. The van der Waals surface area contributed by atoms with E-state index in [0.29, 0.717) is 0 Å². The maximum atomic E-state index is 10.1. The van der Waals surface area contributed by atoms with Crippen molar-refractivity contribution >= 4 is 5.69 Å². The van der Waals surface area contributed by atoms with Gasteiger partial charge in [-0.05, 0) is 0 Å². The minimum absolute atomic E-state index is 0.322. The van der Waals surface area contributed by atoms with Crippen LogP contribution in [0, 0.1) is 10.1 Å². The normalized spacial score (nSPS) is 9.45. The SMILES string of the molecule is [N-]=c1cc([N+](=O)[O-])[cH+]c(=[N-])[cH+]1. The van der Waals surface area contributed by atoms with Gasteiger partial charge in [0.1, 0.15) is 11.0 Å². The number of nitrogens with zero attached hydrogens (tertiary/aromatic N) is 3. The van der Waals surface area contributed by atoms with Gasteiger partial charge in [-0.15, -0.1) is 0 Å². The van der Waals surface area contributed by atoms with Gasteiger partial charge in [-0.1, -0.05) is 0 Å². The smallest absolute Gasteiger partial charge is 0.473 e. The molecule has 0 bridgehead atoms. The van der Waals surface area contributed by atoms with Crippen LogP contribution in [0.2, 0.25) is 0 Å². The van der Waals surface area contributed by atoms with E-state index in [1.54, 1.807) is 0 Å². The lowest BCUT2D eigenvalue weighted by Gasteiger charge is -1.81. The van der Waals surface area contributed by atoms with Crippen molar-refractivity contribution in [3.05, 3.63) is 49.8 Å². The van der Waals surface area contributed by atoms with Crippen LogP contribution >= 0.6 is 0 Å². The van der Waals surface area contributed by atoms with Gasteiger partial charge in [-0.25, -0.2) is 0 Å². The number of hydrogen-bond acceptors (Lipinski definition) is 2. The van der Waals surface area contributed by atoms with Crippen LogP contribution in [0.3, 0.4) is 0 Å². The van der Waals surface area contributed by atoms with E-state index in [9.17, 15) is 10.1 Å². The van der Waals surface area contributed by atoms with Crippen molar-refractivity contribution in [3.63, 3.8) is 0 Å². The molecule has 0 aromatic heterocycles. The maximum Gasteiger partial charge on any atom is 0.473 e. The van der Waals surface area contributed by atoms with Crippen molar-refractivity contribution in [2.75, 3.05) is 0 Å². The summed E-state index contributed by atoms with van der Waals surface area (Å²) in [5.41, 5.74) is -0.331. The molecule has 0 spiro atoms. The van der Waals surface area contributed by atoms with E-state index in [4.69, 9.17) is 10.8 Å². The van der Waals surface area contributed by atoms with E-state index < -0.39 is 4.92 Å². The van der Waals surface area contributed by atoms with E-state index in [0.717, 1.165) is 18.2 Å². The third kappa shape index (κ3) is 1.57. The van der Waals surface area contributed by atoms with Crippen LogP contribution in [0.25, 0.3) is 10.8 Å². The van der Waals surface area contributed by atoms with Gasteiger partial charge in [-0.3, -0.25) is 10.1 Å². The number of rotatable bonds is 1. The van der Waals surface area contributed by atoms with Crippen LogP contribution in [0.1, 0.15) is 0 Å². The lowest BCUT2D eigenvalue weighted by Crippen LogP contribution is -2.09. The largest absolute Gasteiger partial charge is 0.751 e. The maximum absolute atomic E-state index is 10.1. The summed E-state index contributed by atoms with van der Waals surface area (Å²) in [6.45, 7) is 0. The molecular formula is C6H3N3O2. The number of nitro benzene ring substituents is 1. The zero-order valence-electron chi connectivity index (χ0n) is 5.39. The third-order valence-corrected chi connectivity index (χ3v) is 1.10. The molecule has 5 heteroatoms. The van der Waals surface area contributed by atoms with Crippen molar-refractivity contribution in [2.24, 2.45) is 0 Å². The number of non-ortho nitro benzene ring substituents is 1. The first kappa shape index (κ1) is 7.33. The minimum atomic E-state index is -0.695. The average Bonchev–Trinajstić information content (AvgIpc) is 1.85. The molecule has 1 rings (SSSR count). The Bertz CT molecular complexity index is 359. The van der Waals surface area contributed by atoms with Gasteiger partial charge in [0.15, 0.2) is 12.1 Å². The number of nitro groups is 1.